The van der Waals surface area contributed by atoms with Gasteiger partial charge in [0.2, 0.25) is 0 Å². The van der Waals surface area contributed by atoms with Crippen molar-refractivity contribution in [1.29, 1.82) is 0 Å². The van der Waals surface area contributed by atoms with Crippen molar-refractivity contribution in [3.8, 4) is 0 Å². The van der Waals surface area contributed by atoms with Crippen molar-refractivity contribution in [1.82, 2.24) is 4.98 Å². The molecule has 1 aromatic rings. The molecular formula is C10H15N3O4. The lowest BCUT2D eigenvalue weighted by Gasteiger charge is -2.18. The highest BCUT2D eigenvalue weighted by atomic mass is 16.5. The summed E-state index contributed by atoms with van der Waals surface area (Å²) in [5.41, 5.74) is 12.0. The summed E-state index contributed by atoms with van der Waals surface area (Å²) in [6.07, 6.45) is -1.89. The molecule has 7 nitrogen and oxygen atoms in total. The third-order valence-corrected chi connectivity index (χ3v) is 2.52. The van der Waals surface area contributed by atoms with Gasteiger partial charge in [0.25, 0.3) is 0 Å². The second kappa shape index (κ2) is 4.98. The van der Waals surface area contributed by atoms with E-state index in [1.807, 2.05) is 0 Å². The van der Waals surface area contributed by atoms with Crippen LogP contribution in [0.4, 0.5) is 11.5 Å². The highest BCUT2D eigenvalue weighted by molar-refractivity contribution is 5.75. The minimum atomic E-state index is -1.69. The fourth-order valence-electron chi connectivity index (χ4n) is 1.37. The molecule has 0 aromatic carbocycles. The van der Waals surface area contributed by atoms with Crippen LogP contribution in [-0.4, -0.2) is 34.4 Å². The number of aliphatic hydroxyl groups excluding tert-OH is 2. The summed E-state index contributed by atoms with van der Waals surface area (Å²) in [6, 6.07) is 0. The molecular weight excluding hydrogens is 226 g/mol. The van der Waals surface area contributed by atoms with Gasteiger partial charge in [-0.1, -0.05) is 0 Å². The molecule has 7 heteroatoms. The summed E-state index contributed by atoms with van der Waals surface area (Å²) in [5, 5.41) is 19.3. The molecule has 6 N–H and O–H groups in total. The van der Waals surface area contributed by atoms with Crippen LogP contribution in [0.2, 0.25) is 0 Å². The number of anilines is 2. The van der Waals surface area contributed by atoms with E-state index >= 15 is 0 Å². The molecule has 2 atom stereocenters. The second-order valence-electron chi connectivity index (χ2n) is 3.55. The van der Waals surface area contributed by atoms with E-state index in [9.17, 15) is 15.0 Å². The van der Waals surface area contributed by atoms with E-state index in [-0.39, 0.29) is 17.1 Å². The number of hydrogen-bond acceptors (Lipinski definition) is 7. The number of rotatable bonds is 3. The fraction of sp³-hybridized carbons (Fsp3) is 0.400. The number of carbonyl (C=O) groups is 1. The normalized spacial score (nSPS) is 14.1. The van der Waals surface area contributed by atoms with Gasteiger partial charge in [0.05, 0.1) is 12.8 Å². The van der Waals surface area contributed by atoms with Gasteiger partial charge in [-0.15, -0.1) is 0 Å². The standard InChI is InChI=1S/C10H15N3O4/c1-4-5(3-13-9(12)6(4)11)7(14)8(15)10(16)17-2/h3,7-8,14-15H,11H2,1-2H3,(H2,12,13). The summed E-state index contributed by atoms with van der Waals surface area (Å²) in [4.78, 5) is 14.8. The zero-order valence-corrected chi connectivity index (χ0v) is 9.54. The third kappa shape index (κ3) is 2.45. The van der Waals surface area contributed by atoms with Crippen molar-refractivity contribution in [2.45, 2.75) is 19.1 Å². The van der Waals surface area contributed by atoms with Crippen LogP contribution in [-0.2, 0) is 9.53 Å². The van der Waals surface area contributed by atoms with Crippen LogP contribution in [0.1, 0.15) is 17.2 Å². The fourth-order valence-corrected chi connectivity index (χ4v) is 1.37. The minimum Gasteiger partial charge on any atom is -0.467 e. The number of aromatic nitrogens is 1. The zero-order valence-electron chi connectivity index (χ0n) is 9.54. The van der Waals surface area contributed by atoms with Crippen LogP contribution >= 0.6 is 0 Å². The Morgan fingerprint density at radius 1 is 1.47 bits per heavy atom. The number of aliphatic hydroxyl groups is 2. The first kappa shape index (κ1) is 13.2. The Kier molecular flexibility index (Phi) is 3.87. The smallest absolute Gasteiger partial charge is 0.337 e. The van der Waals surface area contributed by atoms with Crippen LogP contribution in [0.25, 0.3) is 0 Å². The van der Waals surface area contributed by atoms with Gasteiger partial charge >= 0.3 is 5.97 Å². The molecule has 0 aliphatic rings. The van der Waals surface area contributed by atoms with E-state index < -0.39 is 18.2 Å². The Bertz CT molecular complexity index is 436. The number of nitrogens with two attached hydrogens (primary N) is 2. The monoisotopic (exact) mass is 241 g/mol. The first-order chi connectivity index (χ1) is 7.90. The average Bonchev–Trinajstić information content (AvgIpc) is 2.33. The Hall–Kier alpha value is -1.86. The van der Waals surface area contributed by atoms with Crippen LogP contribution in [0.5, 0.6) is 0 Å². The number of nitrogens with zero attached hydrogens (tertiary/aromatic N) is 1. The molecule has 0 amide bonds. The predicted octanol–water partition coefficient (Wildman–Crippen LogP) is -0.878. The van der Waals surface area contributed by atoms with Crippen molar-refractivity contribution in [3.63, 3.8) is 0 Å². The maximum Gasteiger partial charge on any atom is 0.337 e. The summed E-state index contributed by atoms with van der Waals surface area (Å²) in [5.74, 6) is -0.807. The Balaban J connectivity index is 3.09. The maximum absolute atomic E-state index is 11.1. The molecule has 0 radical (unpaired) electrons. The van der Waals surface area contributed by atoms with Gasteiger partial charge in [0, 0.05) is 11.8 Å². The Morgan fingerprint density at radius 2 is 2.06 bits per heavy atom. The number of hydrogen-bond donors (Lipinski definition) is 4. The molecule has 1 rings (SSSR count). The van der Waals surface area contributed by atoms with Gasteiger partial charge in [-0.3, -0.25) is 0 Å². The van der Waals surface area contributed by atoms with Crippen molar-refractivity contribution >= 4 is 17.5 Å². The number of ether oxygens (including phenoxy) is 1. The van der Waals surface area contributed by atoms with Crippen molar-refractivity contribution < 1.29 is 19.7 Å². The molecule has 0 fully saturated rings. The minimum absolute atomic E-state index is 0.131. The lowest BCUT2D eigenvalue weighted by molar-refractivity contribution is -0.156. The number of carbonyl (C=O) groups excluding carboxylic acids is 1. The largest absolute Gasteiger partial charge is 0.467 e. The summed E-state index contributed by atoms with van der Waals surface area (Å²) in [6.45, 7) is 1.61. The number of methoxy groups -OCH3 is 1. The lowest BCUT2D eigenvalue weighted by atomic mass is 10.0. The zero-order chi connectivity index (χ0) is 13.2. The van der Waals surface area contributed by atoms with E-state index in [0.29, 0.717) is 5.56 Å². The van der Waals surface area contributed by atoms with E-state index in [0.717, 1.165) is 7.11 Å². The summed E-state index contributed by atoms with van der Waals surface area (Å²) >= 11 is 0. The van der Waals surface area contributed by atoms with Gasteiger partial charge in [-0.05, 0) is 12.5 Å². The van der Waals surface area contributed by atoms with Crippen molar-refractivity contribution in [3.05, 3.63) is 17.3 Å². The van der Waals surface area contributed by atoms with Crippen LogP contribution in [0.3, 0.4) is 0 Å². The summed E-state index contributed by atoms with van der Waals surface area (Å²) < 4.78 is 4.32. The van der Waals surface area contributed by atoms with E-state index in [4.69, 9.17) is 11.5 Å². The first-order valence-corrected chi connectivity index (χ1v) is 4.84. The van der Waals surface area contributed by atoms with Crippen LogP contribution in [0, 0.1) is 6.92 Å². The predicted molar refractivity (Wildman–Crippen MR) is 60.8 cm³/mol. The topological polar surface area (TPSA) is 132 Å². The quantitative estimate of drug-likeness (QED) is 0.505. The highest BCUT2D eigenvalue weighted by Crippen LogP contribution is 2.27. The van der Waals surface area contributed by atoms with Gasteiger partial charge in [-0.2, -0.15) is 0 Å². The maximum atomic E-state index is 11.1. The molecule has 0 bridgehead atoms. The highest BCUT2D eigenvalue weighted by Gasteiger charge is 2.28. The van der Waals surface area contributed by atoms with Gasteiger partial charge in [0.1, 0.15) is 11.9 Å². The van der Waals surface area contributed by atoms with Crippen LogP contribution < -0.4 is 11.5 Å². The first-order valence-electron chi connectivity index (χ1n) is 4.84. The molecule has 94 valence electrons. The number of nitrogen functional groups attached to an aromatic ring is 2. The van der Waals surface area contributed by atoms with Gasteiger partial charge in [-0.25, -0.2) is 9.78 Å². The molecule has 0 saturated carbocycles. The van der Waals surface area contributed by atoms with Crippen molar-refractivity contribution in [2.75, 3.05) is 18.6 Å². The van der Waals surface area contributed by atoms with Crippen LogP contribution in [0.15, 0.2) is 6.20 Å². The van der Waals surface area contributed by atoms with Crippen molar-refractivity contribution in [2.24, 2.45) is 0 Å². The molecule has 17 heavy (non-hydrogen) atoms. The summed E-state index contributed by atoms with van der Waals surface area (Å²) in [7, 11) is 1.11. The van der Waals surface area contributed by atoms with E-state index in [1.54, 1.807) is 6.92 Å². The molecule has 0 aliphatic carbocycles. The van der Waals surface area contributed by atoms with E-state index in [1.165, 1.54) is 6.20 Å². The Morgan fingerprint density at radius 3 is 2.59 bits per heavy atom. The van der Waals surface area contributed by atoms with Gasteiger partial charge in [0.15, 0.2) is 6.10 Å². The number of esters is 1. The molecule has 0 saturated heterocycles. The third-order valence-electron chi connectivity index (χ3n) is 2.52. The molecule has 2 unspecified atom stereocenters. The van der Waals surface area contributed by atoms with E-state index in [2.05, 4.69) is 9.72 Å². The molecule has 0 aliphatic heterocycles. The second-order valence-corrected chi connectivity index (χ2v) is 3.55. The molecule has 1 heterocycles. The Labute approximate surface area is 98.0 Å². The molecule has 0 spiro atoms. The van der Waals surface area contributed by atoms with Gasteiger partial charge < -0.3 is 26.4 Å². The number of pyridine rings is 1. The SMILES string of the molecule is COC(=O)C(O)C(O)c1cnc(N)c(N)c1C. The lowest BCUT2D eigenvalue weighted by Crippen LogP contribution is -2.29. The average molecular weight is 241 g/mol. The molecule has 1 aromatic heterocycles.